The number of methoxy groups -OCH3 is 1. The third-order valence-corrected chi connectivity index (χ3v) is 6.24. The highest BCUT2D eigenvalue weighted by atomic mass is 32.1. The monoisotopic (exact) mass is 451 g/mol. The van der Waals surface area contributed by atoms with Gasteiger partial charge < -0.3 is 24.7 Å². The van der Waals surface area contributed by atoms with Crippen molar-refractivity contribution >= 4 is 28.2 Å². The second kappa shape index (κ2) is 10.1. The van der Waals surface area contributed by atoms with E-state index >= 15 is 0 Å². The third-order valence-electron chi connectivity index (χ3n) is 5.86. The highest BCUT2D eigenvalue weighted by Gasteiger charge is 2.23. The van der Waals surface area contributed by atoms with Crippen molar-refractivity contribution in [2.75, 3.05) is 20.3 Å². The summed E-state index contributed by atoms with van der Waals surface area (Å²) in [7, 11) is 1.63. The first kappa shape index (κ1) is 22.3. The van der Waals surface area contributed by atoms with Crippen LogP contribution in [0.1, 0.15) is 36.9 Å². The van der Waals surface area contributed by atoms with E-state index in [2.05, 4.69) is 29.4 Å². The minimum absolute atomic E-state index is 0.0508. The average Bonchev–Trinajstić information content (AvgIpc) is 3.32. The number of rotatable bonds is 7. The van der Waals surface area contributed by atoms with Crippen molar-refractivity contribution in [3.63, 3.8) is 0 Å². The molecule has 0 spiro atoms. The number of ether oxygens (including phenoxy) is 2. The molecule has 3 aromatic rings. The molecule has 0 unspecified atom stereocenters. The fourth-order valence-electron chi connectivity index (χ4n) is 4.03. The summed E-state index contributed by atoms with van der Waals surface area (Å²) in [6, 6.07) is 17.8. The summed E-state index contributed by atoms with van der Waals surface area (Å²) in [4.78, 5) is 17.8. The minimum atomic E-state index is -0.112. The number of nitrogens with zero attached hydrogens (tertiary/aromatic N) is 1. The Balaban J connectivity index is 1.58. The van der Waals surface area contributed by atoms with Crippen LogP contribution in [0, 0.1) is 0 Å². The zero-order chi connectivity index (χ0) is 22.5. The molecular weight excluding hydrogens is 422 g/mol. The van der Waals surface area contributed by atoms with Gasteiger partial charge in [-0.15, -0.1) is 0 Å². The van der Waals surface area contributed by atoms with Crippen molar-refractivity contribution in [2.45, 2.75) is 38.5 Å². The number of benzene rings is 2. The molecular formula is C25H29N3O3S. The van der Waals surface area contributed by atoms with E-state index in [0.717, 1.165) is 41.7 Å². The molecule has 4 rings (SSSR count). The highest BCUT2D eigenvalue weighted by Crippen LogP contribution is 2.21. The van der Waals surface area contributed by atoms with Crippen molar-refractivity contribution in [3.05, 3.63) is 76.1 Å². The molecule has 1 saturated heterocycles. The van der Waals surface area contributed by atoms with Gasteiger partial charge in [0.05, 0.1) is 25.8 Å². The van der Waals surface area contributed by atoms with E-state index in [0.29, 0.717) is 23.8 Å². The molecule has 2 aromatic carbocycles. The largest absolute Gasteiger partial charge is 0.497 e. The molecule has 1 fully saturated rings. The van der Waals surface area contributed by atoms with Gasteiger partial charge in [0.15, 0.2) is 5.11 Å². The molecule has 0 bridgehead atoms. The van der Waals surface area contributed by atoms with E-state index in [-0.39, 0.29) is 17.7 Å². The molecule has 6 nitrogen and oxygen atoms in total. The summed E-state index contributed by atoms with van der Waals surface area (Å²) in [5.74, 6) is 0.751. The van der Waals surface area contributed by atoms with Crippen LogP contribution < -0.4 is 15.6 Å². The molecule has 2 heterocycles. The van der Waals surface area contributed by atoms with E-state index < -0.39 is 0 Å². The van der Waals surface area contributed by atoms with Crippen molar-refractivity contribution in [3.8, 4) is 5.75 Å². The number of H-pyrrole nitrogens is 1. The van der Waals surface area contributed by atoms with Gasteiger partial charge in [0.25, 0.3) is 5.56 Å². The summed E-state index contributed by atoms with van der Waals surface area (Å²) in [6.45, 7) is 3.90. The first-order chi connectivity index (χ1) is 15.5. The summed E-state index contributed by atoms with van der Waals surface area (Å²) in [5.41, 5.74) is 2.48. The number of hydrogen-bond acceptors (Lipinski definition) is 4. The Labute approximate surface area is 193 Å². The molecule has 0 amide bonds. The van der Waals surface area contributed by atoms with Crippen LogP contribution in [0.25, 0.3) is 10.9 Å². The number of nitrogens with one attached hydrogen (secondary N) is 2. The van der Waals surface area contributed by atoms with Gasteiger partial charge in [-0.1, -0.05) is 30.3 Å². The Hall–Kier alpha value is -2.90. The highest BCUT2D eigenvalue weighted by molar-refractivity contribution is 7.80. The van der Waals surface area contributed by atoms with Gasteiger partial charge in [0.1, 0.15) is 5.75 Å². The van der Waals surface area contributed by atoms with Gasteiger partial charge in [-0.3, -0.25) is 4.79 Å². The minimum Gasteiger partial charge on any atom is -0.497 e. The van der Waals surface area contributed by atoms with E-state index in [1.54, 1.807) is 7.11 Å². The Morgan fingerprint density at radius 3 is 2.81 bits per heavy atom. The molecule has 0 radical (unpaired) electrons. The lowest BCUT2D eigenvalue weighted by Gasteiger charge is -2.30. The van der Waals surface area contributed by atoms with E-state index in [4.69, 9.17) is 21.7 Å². The molecule has 1 aliphatic rings. The van der Waals surface area contributed by atoms with E-state index in [1.165, 1.54) is 0 Å². The Bertz CT molecular complexity index is 1130. The molecule has 32 heavy (non-hydrogen) atoms. The first-order valence-corrected chi connectivity index (χ1v) is 11.4. The topological polar surface area (TPSA) is 66.6 Å². The summed E-state index contributed by atoms with van der Waals surface area (Å²) in [5, 5.41) is 4.97. The summed E-state index contributed by atoms with van der Waals surface area (Å²) >= 11 is 5.79. The van der Waals surface area contributed by atoms with E-state index in [1.807, 2.05) is 47.4 Å². The number of aromatic nitrogens is 1. The van der Waals surface area contributed by atoms with Gasteiger partial charge in [0, 0.05) is 29.6 Å². The zero-order valence-electron chi connectivity index (χ0n) is 18.5. The molecule has 0 saturated carbocycles. The summed E-state index contributed by atoms with van der Waals surface area (Å²) in [6.07, 6.45) is 2.16. The van der Waals surface area contributed by atoms with Crippen molar-refractivity contribution in [2.24, 2.45) is 0 Å². The average molecular weight is 452 g/mol. The Morgan fingerprint density at radius 2 is 2.09 bits per heavy atom. The van der Waals surface area contributed by atoms with Crippen LogP contribution >= 0.6 is 12.2 Å². The third kappa shape index (κ3) is 5.29. The Morgan fingerprint density at radius 1 is 1.28 bits per heavy atom. The number of fused-ring (bicyclic) bond motifs is 1. The second-order valence-electron chi connectivity index (χ2n) is 8.17. The van der Waals surface area contributed by atoms with Gasteiger partial charge >= 0.3 is 0 Å². The van der Waals surface area contributed by atoms with Crippen LogP contribution in [0.2, 0.25) is 0 Å². The fourth-order valence-corrected chi connectivity index (χ4v) is 4.35. The maximum absolute atomic E-state index is 12.8. The fraction of sp³-hybridized carbons (Fsp3) is 0.360. The molecule has 1 aromatic heterocycles. The summed E-state index contributed by atoms with van der Waals surface area (Å²) < 4.78 is 11.2. The maximum Gasteiger partial charge on any atom is 0.253 e. The number of hydrogen-bond donors (Lipinski definition) is 2. The Kier molecular flexibility index (Phi) is 7.07. The van der Waals surface area contributed by atoms with Gasteiger partial charge in [0.2, 0.25) is 0 Å². The van der Waals surface area contributed by atoms with Crippen LogP contribution in [0.4, 0.5) is 0 Å². The van der Waals surface area contributed by atoms with Crippen LogP contribution in [-0.4, -0.2) is 41.4 Å². The van der Waals surface area contributed by atoms with Crippen LogP contribution in [0.3, 0.4) is 0 Å². The van der Waals surface area contributed by atoms with Crippen LogP contribution in [-0.2, 0) is 11.3 Å². The normalized spacial score (nSPS) is 16.6. The number of thiocarbonyl (C=S) groups is 1. The molecule has 0 aliphatic carbocycles. The second-order valence-corrected chi connectivity index (χ2v) is 8.56. The lowest BCUT2D eigenvalue weighted by Crippen LogP contribution is -2.44. The zero-order valence-corrected chi connectivity index (χ0v) is 19.3. The SMILES string of the molecule is COc1ccc2[nH]c(=O)c(CN(C[C@H]3CCCO3)C(=S)N[C@H](C)c3ccccc3)cc2c1. The molecule has 2 N–H and O–H groups in total. The van der Waals surface area contributed by atoms with Gasteiger partial charge in [-0.05, 0) is 61.8 Å². The van der Waals surface area contributed by atoms with Crippen LogP contribution in [0.15, 0.2) is 59.4 Å². The molecule has 2 atom stereocenters. The van der Waals surface area contributed by atoms with Crippen LogP contribution in [0.5, 0.6) is 5.75 Å². The standard InChI is InChI=1S/C25H29N3O3S/c1-17(18-7-4-3-5-8-18)26-25(32)28(16-22-9-6-12-31-22)15-20-13-19-14-21(30-2)10-11-23(19)27-24(20)29/h3-5,7-8,10-11,13-14,17,22H,6,9,12,15-16H2,1-2H3,(H,26,32)(H,27,29)/t17-,22-/m1/s1. The van der Waals surface area contributed by atoms with Crippen molar-refractivity contribution < 1.29 is 9.47 Å². The number of aromatic amines is 1. The smallest absolute Gasteiger partial charge is 0.253 e. The quantitative estimate of drug-likeness (QED) is 0.526. The lowest BCUT2D eigenvalue weighted by atomic mass is 10.1. The molecule has 1 aliphatic heterocycles. The van der Waals surface area contributed by atoms with E-state index in [9.17, 15) is 4.79 Å². The lowest BCUT2D eigenvalue weighted by molar-refractivity contribution is 0.0895. The maximum atomic E-state index is 12.8. The molecule has 7 heteroatoms. The first-order valence-electron chi connectivity index (χ1n) is 11.0. The van der Waals surface area contributed by atoms with Gasteiger partial charge in [-0.25, -0.2) is 0 Å². The molecule has 168 valence electrons. The van der Waals surface area contributed by atoms with Gasteiger partial charge in [-0.2, -0.15) is 0 Å². The number of pyridine rings is 1. The predicted octanol–water partition coefficient (Wildman–Crippen LogP) is 4.15. The predicted molar refractivity (Wildman–Crippen MR) is 131 cm³/mol. The van der Waals surface area contributed by atoms with Crippen molar-refractivity contribution in [1.82, 2.24) is 15.2 Å². The van der Waals surface area contributed by atoms with Crippen molar-refractivity contribution in [1.29, 1.82) is 0 Å².